The second-order valence-corrected chi connectivity index (χ2v) is 7.23. The molecule has 2 atom stereocenters. The van der Waals surface area contributed by atoms with Crippen molar-refractivity contribution in [2.24, 2.45) is 0 Å². The minimum Gasteiger partial charge on any atom is -0.497 e. The number of nitrogens with zero attached hydrogens (tertiary/aromatic N) is 2. The van der Waals surface area contributed by atoms with E-state index < -0.39 is 0 Å². The van der Waals surface area contributed by atoms with E-state index in [0.717, 1.165) is 31.0 Å². The van der Waals surface area contributed by atoms with E-state index in [1.807, 2.05) is 30.3 Å². The highest BCUT2D eigenvalue weighted by Gasteiger charge is 2.53. The lowest BCUT2D eigenvalue weighted by molar-refractivity contribution is 0.180. The van der Waals surface area contributed by atoms with Crippen LogP contribution in [0.1, 0.15) is 18.9 Å². The van der Waals surface area contributed by atoms with Crippen molar-refractivity contribution < 1.29 is 9.47 Å². The largest absolute Gasteiger partial charge is 0.497 e. The normalized spacial score (nSPS) is 24.9. The number of fused-ring (bicyclic) bond motifs is 3. The molecule has 0 radical (unpaired) electrons. The zero-order valence-electron chi connectivity index (χ0n) is 15.2. The zero-order valence-corrected chi connectivity index (χ0v) is 15.2. The molecule has 2 aliphatic heterocycles. The fourth-order valence-electron chi connectivity index (χ4n) is 4.55. The van der Waals surface area contributed by atoms with Crippen molar-refractivity contribution in [3.05, 3.63) is 54.1 Å². The number of hydrogen-bond acceptors (Lipinski definition) is 4. The molecule has 0 amide bonds. The molecule has 1 fully saturated rings. The van der Waals surface area contributed by atoms with E-state index in [-0.39, 0.29) is 5.41 Å². The van der Waals surface area contributed by atoms with Crippen molar-refractivity contribution in [2.45, 2.75) is 24.9 Å². The van der Waals surface area contributed by atoms with Gasteiger partial charge in [-0.05, 0) is 42.3 Å². The number of likely N-dealkylation sites (tertiary alicyclic amines) is 1. The van der Waals surface area contributed by atoms with Gasteiger partial charge in [-0.15, -0.1) is 0 Å². The molecule has 1 unspecified atom stereocenters. The Morgan fingerprint density at radius 2 is 1.92 bits per heavy atom. The number of para-hydroxylation sites is 1. The van der Waals surface area contributed by atoms with Crippen LogP contribution in [-0.2, 0) is 5.41 Å². The molecule has 0 spiro atoms. The number of rotatable bonds is 5. The van der Waals surface area contributed by atoms with Crippen LogP contribution in [0, 0.1) is 0 Å². The molecular weight excluding hydrogens is 312 g/mol. The Balaban J connectivity index is 1.49. The molecule has 2 aromatic carbocycles. The summed E-state index contributed by atoms with van der Waals surface area (Å²) in [5.74, 6) is 1.89. The molecule has 0 bridgehead atoms. The third-order valence-electron chi connectivity index (χ3n) is 5.79. The molecule has 4 rings (SSSR count). The standard InChI is InChI=1S/C21H26N2O2/c1-21-11-12-23(13-14-25-16-7-5-4-6-8-16)20(21)22(2)19-10-9-17(24-3)15-18(19)21/h4-10,15,20H,11-14H2,1-3H3/t20?,21-/m0/s1. The van der Waals surface area contributed by atoms with Crippen LogP contribution in [-0.4, -0.2) is 44.9 Å². The SMILES string of the molecule is COc1ccc2c(c1)[C@]1(C)CCN(CCOc3ccccc3)C1N2C. The smallest absolute Gasteiger partial charge is 0.119 e. The van der Waals surface area contributed by atoms with E-state index in [0.29, 0.717) is 12.8 Å². The number of likely N-dealkylation sites (N-methyl/N-ethyl adjacent to an activating group) is 1. The van der Waals surface area contributed by atoms with Gasteiger partial charge in [-0.3, -0.25) is 4.90 Å². The van der Waals surface area contributed by atoms with Crippen molar-refractivity contribution in [1.82, 2.24) is 4.90 Å². The summed E-state index contributed by atoms with van der Waals surface area (Å²) >= 11 is 0. The Bertz CT molecular complexity index is 749. The van der Waals surface area contributed by atoms with Crippen LogP contribution >= 0.6 is 0 Å². The highest BCUT2D eigenvalue weighted by Crippen LogP contribution is 2.52. The van der Waals surface area contributed by atoms with Gasteiger partial charge in [-0.1, -0.05) is 25.1 Å². The van der Waals surface area contributed by atoms with E-state index in [1.165, 1.54) is 11.3 Å². The molecule has 4 heteroatoms. The molecule has 0 aliphatic carbocycles. The van der Waals surface area contributed by atoms with Crippen LogP contribution < -0.4 is 14.4 Å². The predicted octanol–water partition coefficient (Wildman–Crippen LogP) is 3.51. The fraction of sp³-hybridized carbons (Fsp3) is 0.429. The van der Waals surface area contributed by atoms with Crippen LogP contribution in [0.15, 0.2) is 48.5 Å². The summed E-state index contributed by atoms with van der Waals surface area (Å²) in [7, 11) is 3.94. The molecule has 25 heavy (non-hydrogen) atoms. The fourth-order valence-corrected chi connectivity index (χ4v) is 4.55. The van der Waals surface area contributed by atoms with Crippen molar-refractivity contribution in [2.75, 3.05) is 38.8 Å². The van der Waals surface area contributed by atoms with Crippen LogP contribution in [0.4, 0.5) is 5.69 Å². The number of benzene rings is 2. The minimum atomic E-state index is 0.144. The summed E-state index contributed by atoms with van der Waals surface area (Å²) in [6.07, 6.45) is 1.54. The molecule has 2 aromatic rings. The van der Waals surface area contributed by atoms with Crippen LogP contribution in [0.25, 0.3) is 0 Å². The predicted molar refractivity (Wildman–Crippen MR) is 101 cm³/mol. The Morgan fingerprint density at radius 3 is 2.68 bits per heavy atom. The molecular formula is C21H26N2O2. The summed E-state index contributed by atoms with van der Waals surface area (Å²) in [5, 5.41) is 0. The summed E-state index contributed by atoms with van der Waals surface area (Å²) in [4.78, 5) is 4.97. The average molecular weight is 338 g/mol. The van der Waals surface area contributed by atoms with Gasteiger partial charge in [0.15, 0.2) is 0 Å². The molecule has 0 saturated carbocycles. The molecule has 0 aromatic heterocycles. The lowest BCUT2D eigenvalue weighted by Crippen LogP contribution is -2.48. The first-order chi connectivity index (χ1) is 12.1. The topological polar surface area (TPSA) is 24.9 Å². The molecule has 2 aliphatic rings. The maximum absolute atomic E-state index is 5.92. The number of hydrogen-bond donors (Lipinski definition) is 0. The van der Waals surface area contributed by atoms with Crippen LogP contribution in [0.2, 0.25) is 0 Å². The number of methoxy groups -OCH3 is 1. The van der Waals surface area contributed by atoms with Gasteiger partial charge in [-0.2, -0.15) is 0 Å². The maximum Gasteiger partial charge on any atom is 0.119 e. The third kappa shape index (κ3) is 2.65. The summed E-state index contributed by atoms with van der Waals surface area (Å²) < 4.78 is 11.4. The second-order valence-electron chi connectivity index (χ2n) is 7.23. The van der Waals surface area contributed by atoms with E-state index >= 15 is 0 Å². The van der Waals surface area contributed by atoms with Gasteiger partial charge in [0, 0.05) is 31.2 Å². The Kier molecular flexibility index (Phi) is 4.08. The van der Waals surface area contributed by atoms with Crippen molar-refractivity contribution >= 4 is 5.69 Å². The Morgan fingerprint density at radius 1 is 1.12 bits per heavy atom. The number of ether oxygens (including phenoxy) is 2. The highest BCUT2D eigenvalue weighted by atomic mass is 16.5. The first kappa shape index (κ1) is 16.3. The summed E-state index contributed by atoms with van der Waals surface area (Å²) in [6, 6.07) is 16.5. The first-order valence-corrected chi connectivity index (χ1v) is 8.97. The van der Waals surface area contributed by atoms with Gasteiger partial charge in [0.1, 0.15) is 18.1 Å². The monoisotopic (exact) mass is 338 g/mol. The molecule has 2 heterocycles. The lowest BCUT2D eigenvalue weighted by atomic mass is 9.81. The van der Waals surface area contributed by atoms with Gasteiger partial charge in [-0.25, -0.2) is 0 Å². The zero-order chi connectivity index (χ0) is 17.4. The quantitative estimate of drug-likeness (QED) is 0.833. The van der Waals surface area contributed by atoms with Gasteiger partial charge < -0.3 is 14.4 Å². The molecule has 4 nitrogen and oxygen atoms in total. The van der Waals surface area contributed by atoms with E-state index in [4.69, 9.17) is 9.47 Å². The Labute approximate surface area is 150 Å². The van der Waals surface area contributed by atoms with Crippen LogP contribution in [0.3, 0.4) is 0 Å². The van der Waals surface area contributed by atoms with Gasteiger partial charge in [0.05, 0.1) is 13.3 Å². The molecule has 0 N–H and O–H groups in total. The first-order valence-electron chi connectivity index (χ1n) is 8.97. The minimum absolute atomic E-state index is 0.144. The lowest BCUT2D eigenvalue weighted by Gasteiger charge is -2.34. The van der Waals surface area contributed by atoms with Crippen molar-refractivity contribution in [1.29, 1.82) is 0 Å². The summed E-state index contributed by atoms with van der Waals surface area (Å²) in [6.45, 7) is 5.13. The van der Waals surface area contributed by atoms with E-state index in [2.05, 4.69) is 42.0 Å². The van der Waals surface area contributed by atoms with Crippen molar-refractivity contribution in [3.63, 3.8) is 0 Å². The third-order valence-corrected chi connectivity index (χ3v) is 5.79. The van der Waals surface area contributed by atoms with Gasteiger partial charge in [0.2, 0.25) is 0 Å². The average Bonchev–Trinajstić information content (AvgIpc) is 3.09. The van der Waals surface area contributed by atoms with E-state index in [9.17, 15) is 0 Å². The van der Waals surface area contributed by atoms with Gasteiger partial charge >= 0.3 is 0 Å². The van der Waals surface area contributed by atoms with E-state index in [1.54, 1.807) is 7.11 Å². The maximum atomic E-state index is 5.92. The van der Waals surface area contributed by atoms with Crippen molar-refractivity contribution in [3.8, 4) is 11.5 Å². The number of anilines is 1. The van der Waals surface area contributed by atoms with Gasteiger partial charge in [0.25, 0.3) is 0 Å². The molecule has 1 saturated heterocycles. The van der Waals surface area contributed by atoms with Crippen LogP contribution in [0.5, 0.6) is 11.5 Å². The highest BCUT2D eigenvalue weighted by molar-refractivity contribution is 5.66. The second kappa shape index (κ2) is 6.26. The molecule has 132 valence electrons. The summed E-state index contributed by atoms with van der Waals surface area (Å²) in [5.41, 5.74) is 2.87. The Hall–Kier alpha value is -2.20.